The number of carbonyl (C=O) groups excluding carboxylic acids is 1. The summed E-state index contributed by atoms with van der Waals surface area (Å²) < 4.78 is 16.8. The Balaban J connectivity index is 3.44. The van der Waals surface area contributed by atoms with Crippen LogP contribution in [0, 0.1) is 0 Å². The summed E-state index contributed by atoms with van der Waals surface area (Å²) in [6, 6.07) is 2.44. The molecule has 8 heteroatoms. The van der Waals surface area contributed by atoms with Crippen molar-refractivity contribution < 1.29 is 13.7 Å². The van der Waals surface area contributed by atoms with Gasteiger partial charge in [-0.2, -0.15) is 0 Å². The Hall–Kier alpha value is -1.41. The van der Waals surface area contributed by atoms with Gasteiger partial charge in [0, 0.05) is 11.2 Å². The Labute approximate surface area is 111 Å². The van der Waals surface area contributed by atoms with E-state index in [-0.39, 0.29) is 0 Å². The third-order valence-electron chi connectivity index (χ3n) is 2.03. The van der Waals surface area contributed by atoms with Crippen LogP contribution in [0.1, 0.15) is 0 Å². The van der Waals surface area contributed by atoms with E-state index >= 15 is 0 Å². The lowest BCUT2D eigenvalue weighted by molar-refractivity contribution is 0.255. The number of azo groups is 1. The number of ether oxygens (including phenoxy) is 1. The van der Waals surface area contributed by atoms with Gasteiger partial charge in [0.05, 0.1) is 22.8 Å². The van der Waals surface area contributed by atoms with Crippen LogP contribution in [0.5, 0.6) is 5.75 Å². The highest BCUT2D eigenvalue weighted by Crippen LogP contribution is 2.37. The maximum Gasteiger partial charge on any atom is 0.356 e. The first-order valence-corrected chi connectivity index (χ1v) is 7.58. The molecule has 0 radical (unpaired) electrons. The fourth-order valence-electron chi connectivity index (χ4n) is 1.25. The summed E-state index contributed by atoms with van der Waals surface area (Å²) in [6.45, 7) is 0. The normalized spacial score (nSPS) is 12.6. The van der Waals surface area contributed by atoms with Crippen molar-refractivity contribution in [1.82, 2.24) is 0 Å². The lowest BCUT2D eigenvalue weighted by Gasteiger charge is -2.09. The molecule has 1 atom stereocenters. The molecule has 0 aliphatic heterocycles. The van der Waals surface area contributed by atoms with E-state index in [1.54, 1.807) is 12.1 Å². The minimum absolute atomic E-state index is 0.378. The summed E-state index contributed by atoms with van der Waals surface area (Å²) in [7, 11) is 0.242. The van der Waals surface area contributed by atoms with Crippen LogP contribution < -0.4 is 10.5 Å². The number of primary amides is 1. The molecule has 0 aromatic heterocycles. The van der Waals surface area contributed by atoms with E-state index in [1.165, 1.54) is 25.1 Å². The van der Waals surface area contributed by atoms with Crippen molar-refractivity contribution in [2.24, 2.45) is 16.0 Å². The summed E-state index contributed by atoms with van der Waals surface area (Å²) in [5.74, 6) is 0.572. The van der Waals surface area contributed by atoms with Gasteiger partial charge in [-0.1, -0.05) is 5.11 Å². The number of hydrogen-bond acceptors (Lipinski definition) is 5. The van der Waals surface area contributed by atoms with Crippen LogP contribution in [-0.2, 0) is 10.8 Å². The van der Waals surface area contributed by atoms with Crippen LogP contribution in [0.2, 0.25) is 0 Å². The zero-order valence-corrected chi connectivity index (χ0v) is 11.8. The molecular weight excluding hydrogens is 274 g/mol. The molecule has 1 aromatic rings. The van der Waals surface area contributed by atoms with Crippen LogP contribution in [0.15, 0.2) is 32.2 Å². The molecule has 98 valence electrons. The van der Waals surface area contributed by atoms with E-state index in [1.807, 2.05) is 6.26 Å². The van der Waals surface area contributed by atoms with Gasteiger partial charge in [-0.3, -0.25) is 4.21 Å². The number of carbonyl (C=O) groups is 1. The van der Waals surface area contributed by atoms with Crippen molar-refractivity contribution in [2.75, 3.05) is 19.6 Å². The Bertz CT molecular complexity index is 517. The molecule has 2 N–H and O–H groups in total. The van der Waals surface area contributed by atoms with E-state index in [0.717, 1.165) is 0 Å². The zero-order chi connectivity index (χ0) is 13.7. The van der Waals surface area contributed by atoms with E-state index in [0.29, 0.717) is 21.2 Å². The molecule has 0 saturated heterocycles. The number of amides is 2. The molecule has 6 nitrogen and oxygen atoms in total. The minimum atomic E-state index is -1.28. The number of nitrogens with zero attached hydrogens (tertiary/aromatic N) is 2. The van der Waals surface area contributed by atoms with E-state index < -0.39 is 16.8 Å². The van der Waals surface area contributed by atoms with Crippen molar-refractivity contribution in [3.05, 3.63) is 12.1 Å². The second kappa shape index (κ2) is 6.50. The fourth-order valence-corrected chi connectivity index (χ4v) is 2.60. The molecule has 0 saturated carbocycles. The van der Waals surface area contributed by atoms with Crippen molar-refractivity contribution in [2.45, 2.75) is 9.79 Å². The van der Waals surface area contributed by atoms with Gasteiger partial charge in [-0.25, -0.2) is 4.79 Å². The molecule has 0 aliphatic rings. The molecule has 18 heavy (non-hydrogen) atoms. The molecule has 0 spiro atoms. The predicted octanol–water partition coefficient (Wildman–Crippen LogP) is 2.32. The molecular formula is C10H13N3O3S2. The Morgan fingerprint density at radius 3 is 2.61 bits per heavy atom. The average molecular weight is 287 g/mol. The smallest absolute Gasteiger partial charge is 0.356 e. The second-order valence-corrected chi connectivity index (χ2v) is 5.36. The summed E-state index contributed by atoms with van der Waals surface area (Å²) in [5.41, 5.74) is 5.29. The van der Waals surface area contributed by atoms with Crippen molar-refractivity contribution in [1.29, 1.82) is 0 Å². The van der Waals surface area contributed by atoms with Crippen molar-refractivity contribution in [3.8, 4) is 5.75 Å². The highest BCUT2D eigenvalue weighted by molar-refractivity contribution is 7.98. The van der Waals surface area contributed by atoms with Gasteiger partial charge in [0.25, 0.3) is 0 Å². The fraction of sp³-hybridized carbons (Fsp3) is 0.300. The lowest BCUT2D eigenvalue weighted by atomic mass is 10.3. The lowest BCUT2D eigenvalue weighted by Crippen LogP contribution is -2.02. The van der Waals surface area contributed by atoms with Crippen LogP contribution >= 0.6 is 11.8 Å². The second-order valence-electron chi connectivity index (χ2n) is 3.17. The van der Waals surface area contributed by atoms with Gasteiger partial charge in [0.2, 0.25) is 0 Å². The molecule has 1 aromatic carbocycles. The Morgan fingerprint density at radius 2 is 2.17 bits per heavy atom. The topological polar surface area (TPSA) is 94.1 Å². The van der Waals surface area contributed by atoms with E-state index in [4.69, 9.17) is 10.5 Å². The summed E-state index contributed by atoms with van der Waals surface area (Å²) >= 11 is 1.39. The van der Waals surface area contributed by atoms with Crippen LogP contribution in [0.25, 0.3) is 0 Å². The van der Waals surface area contributed by atoms with Gasteiger partial charge >= 0.3 is 6.03 Å². The standard InChI is InChI=1S/C10H13N3O3S2/c1-16-6-4-7(17-2)9(12-13-10(11)14)8(5-6)18(3)15/h4-5H,1-3H3,(H2,11,14). The highest BCUT2D eigenvalue weighted by atomic mass is 32.2. The molecule has 0 bridgehead atoms. The number of benzene rings is 1. The van der Waals surface area contributed by atoms with E-state index in [9.17, 15) is 9.00 Å². The first-order valence-electron chi connectivity index (χ1n) is 4.80. The quantitative estimate of drug-likeness (QED) is 0.679. The van der Waals surface area contributed by atoms with E-state index in [2.05, 4.69) is 10.2 Å². The van der Waals surface area contributed by atoms with Gasteiger partial charge in [0.1, 0.15) is 11.4 Å². The van der Waals surface area contributed by atoms with Gasteiger partial charge in [-0.05, 0) is 18.4 Å². The molecule has 0 aliphatic carbocycles. The monoisotopic (exact) mass is 287 g/mol. The summed E-state index contributed by atoms with van der Waals surface area (Å²) in [6.07, 6.45) is 3.35. The first kappa shape index (κ1) is 14.7. The molecule has 0 fully saturated rings. The average Bonchev–Trinajstić information content (AvgIpc) is 2.34. The SMILES string of the molecule is COc1cc(SC)c(N=NC(N)=O)c(S(C)=O)c1. The van der Waals surface area contributed by atoms with Crippen molar-refractivity contribution >= 4 is 34.3 Å². The molecule has 1 rings (SSSR count). The van der Waals surface area contributed by atoms with Crippen LogP contribution in [0.3, 0.4) is 0 Å². The Kier molecular flexibility index (Phi) is 5.29. The number of hydrogen-bond donors (Lipinski definition) is 1. The van der Waals surface area contributed by atoms with Gasteiger partial charge < -0.3 is 10.5 Å². The molecule has 2 amide bonds. The first-order chi connectivity index (χ1) is 8.49. The zero-order valence-electron chi connectivity index (χ0n) is 10.2. The summed E-state index contributed by atoms with van der Waals surface area (Å²) in [5, 5.41) is 7.03. The Morgan fingerprint density at radius 1 is 1.50 bits per heavy atom. The number of nitrogens with two attached hydrogens (primary N) is 1. The van der Waals surface area contributed by atoms with Gasteiger partial charge in [0.15, 0.2) is 0 Å². The number of rotatable bonds is 4. The highest BCUT2D eigenvalue weighted by Gasteiger charge is 2.14. The predicted molar refractivity (Wildman–Crippen MR) is 71.2 cm³/mol. The van der Waals surface area contributed by atoms with Crippen molar-refractivity contribution in [3.63, 3.8) is 0 Å². The maximum absolute atomic E-state index is 11.7. The van der Waals surface area contributed by atoms with Crippen LogP contribution in [-0.4, -0.2) is 29.9 Å². The number of urea groups is 1. The largest absolute Gasteiger partial charge is 0.497 e. The number of methoxy groups -OCH3 is 1. The van der Waals surface area contributed by atoms with Gasteiger partial charge in [-0.15, -0.1) is 16.9 Å². The summed E-state index contributed by atoms with van der Waals surface area (Å²) in [4.78, 5) is 11.8. The van der Waals surface area contributed by atoms with Crippen LogP contribution in [0.4, 0.5) is 10.5 Å². The number of thioether (sulfide) groups is 1. The third kappa shape index (κ3) is 3.54. The minimum Gasteiger partial charge on any atom is -0.497 e. The molecule has 0 heterocycles. The third-order valence-corrected chi connectivity index (χ3v) is 3.71. The molecule has 1 unspecified atom stereocenters. The maximum atomic E-state index is 11.7.